The van der Waals surface area contributed by atoms with Crippen molar-refractivity contribution in [2.75, 3.05) is 6.54 Å². The molecule has 1 atom stereocenters. The van der Waals surface area contributed by atoms with Crippen molar-refractivity contribution in [1.82, 2.24) is 4.90 Å². The molecule has 0 saturated carbocycles. The van der Waals surface area contributed by atoms with Gasteiger partial charge in [0.25, 0.3) is 0 Å². The van der Waals surface area contributed by atoms with Gasteiger partial charge in [0.15, 0.2) is 5.12 Å². The normalized spacial score (nSPS) is 21.6. The molecule has 104 valence electrons. The Kier molecular flexibility index (Phi) is 4.52. The number of thioether (sulfide) groups is 1. The summed E-state index contributed by atoms with van der Waals surface area (Å²) in [4.78, 5) is 25.2. The van der Waals surface area contributed by atoms with Gasteiger partial charge in [0.1, 0.15) is 0 Å². The molecule has 0 aromatic carbocycles. The van der Waals surface area contributed by atoms with Crippen molar-refractivity contribution < 1.29 is 9.59 Å². The van der Waals surface area contributed by atoms with Crippen molar-refractivity contribution in [3.8, 4) is 0 Å². The first-order valence-electron chi connectivity index (χ1n) is 6.49. The maximum absolute atomic E-state index is 12.1. The van der Waals surface area contributed by atoms with Crippen molar-refractivity contribution in [2.45, 2.75) is 65.2 Å². The summed E-state index contributed by atoms with van der Waals surface area (Å²) in [6.07, 6.45) is 1.46. The lowest BCUT2D eigenvalue weighted by atomic mass is 9.81. The van der Waals surface area contributed by atoms with Gasteiger partial charge in [-0.15, -0.1) is 0 Å². The van der Waals surface area contributed by atoms with Crippen molar-refractivity contribution in [2.24, 2.45) is 5.41 Å². The second-order valence-corrected chi connectivity index (χ2v) is 8.47. The van der Waals surface area contributed by atoms with Gasteiger partial charge in [-0.3, -0.25) is 9.59 Å². The fourth-order valence-electron chi connectivity index (χ4n) is 2.97. The van der Waals surface area contributed by atoms with Crippen LogP contribution in [0.15, 0.2) is 0 Å². The molecule has 3 nitrogen and oxygen atoms in total. The van der Waals surface area contributed by atoms with Crippen LogP contribution in [-0.4, -0.2) is 33.3 Å². The van der Waals surface area contributed by atoms with Crippen LogP contribution in [0.4, 0.5) is 0 Å². The standard InChI is InChI=1S/C14H25NO2S/c1-10(16)18-11-7-12(17)15(8-11)14(5,6)9-13(2,3)4/h11H,7-9H2,1-6H3. The zero-order valence-corrected chi connectivity index (χ0v) is 13.2. The molecule has 0 spiro atoms. The molecule has 1 fully saturated rings. The van der Waals surface area contributed by atoms with Crippen molar-refractivity contribution in [3.63, 3.8) is 0 Å². The fourth-order valence-corrected chi connectivity index (χ4v) is 3.89. The van der Waals surface area contributed by atoms with E-state index in [-0.39, 0.29) is 27.2 Å². The van der Waals surface area contributed by atoms with E-state index in [4.69, 9.17) is 0 Å². The lowest BCUT2D eigenvalue weighted by Gasteiger charge is -2.40. The van der Waals surface area contributed by atoms with E-state index in [1.165, 1.54) is 11.8 Å². The summed E-state index contributed by atoms with van der Waals surface area (Å²) < 4.78 is 0. The molecule has 1 unspecified atom stereocenters. The van der Waals surface area contributed by atoms with E-state index < -0.39 is 0 Å². The maximum atomic E-state index is 12.1. The van der Waals surface area contributed by atoms with Crippen molar-refractivity contribution in [1.29, 1.82) is 0 Å². The van der Waals surface area contributed by atoms with E-state index in [1.54, 1.807) is 6.92 Å². The zero-order chi connectivity index (χ0) is 14.1. The van der Waals surface area contributed by atoms with Crippen molar-refractivity contribution in [3.05, 3.63) is 0 Å². The number of amides is 1. The third-order valence-corrected chi connectivity index (χ3v) is 4.10. The first kappa shape index (κ1) is 15.5. The minimum absolute atomic E-state index is 0.100. The number of carbonyl (C=O) groups is 2. The number of carbonyl (C=O) groups excluding carboxylic acids is 2. The first-order chi connectivity index (χ1) is 8.01. The van der Waals surface area contributed by atoms with Gasteiger partial charge in [-0.1, -0.05) is 32.5 Å². The monoisotopic (exact) mass is 271 g/mol. The molecular formula is C14H25NO2S. The average molecular weight is 271 g/mol. The SMILES string of the molecule is CC(=O)SC1CC(=O)N(C(C)(C)CC(C)(C)C)C1. The third-order valence-electron chi connectivity index (χ3n) is 3.12. The van der Waals surface area contributed by atoms with Crippen LogP contribution in [0.1, 0.15) is 54.4 Å². The third kappa shape index (κ3) is 4.30. The molecule has 1 saturated heterocycles. The molecule has 4 heteroatoms. The number of nitrogens with zero attached hydrogens (tertiary/aromatic N) is 1. The van der Waals surface area contributed by atoms with Crippen LogP contribution in [0, 0.1) is 5.41 Å². The predicted octanol–water partition coefficient (Wildman–Crippen LogP) is 3.08. The molecule has 1 heterocycles. The smallest absolute Gasteiger partial charge is 0.224 e. The summed E-state index contributed by atoms with van der Waals surface area (Å²) in [5.41, 5.74) is 0.0526. The molecule has 1 rings (SSSR count). The van der Waals surface area contributed by atoms with Gasteiger partial charge in [0.2, 0.25) is 5.91 Å². The molecule has 18 heavy (non-hydrogen) atoms. The number of likely N-dealkylation sites (tertiary alicyclic amines) is 1. The number of hydrogen-bond acceptors (Lipinski definition) is 3. The highest BCUT2D eigenvalue weighted by Crippen LogP contribution is 2.36. The largest absolute Gasteiger partial charge is 0.336 e. The Labute approximate surface area is 115 Å². The maximum Gasteiger partial charge on any atom is 0.224 e. The zero-order valence-electron chi connectivity index (χ0n) is 12.4. The van der Waals surface area contributed by atoms with Crippen molar-refractivity contribution >= 4 is 22.8 Å². The first-order valence-corrected chi connectivity index (χ1v) is 7.37. The molecule has 0 N–H and O–H groups in total. The summed E-state index contributed by atoms with van der Waals surface area (Å²) in [7, 11) is 0. The highest BCUT2D eigenvalue weighted by atomic mass is 32.2. The van der Waals surface area contributed by atoms with Crippen LogP contribution in [0.5, 0.6) is 0 Å². The van der Waals surface area contributed by atoms with E-state index in [9.17, 15) is 9.59 Å². The molecule has 0 aliphatic carbocycles. The molecule has 1 aliphatic heterocycles. The minimum Gasteiger partial charge on any atom is -0.336 e. The Morgan fingerprint density at radius 1 is 1.33 bits per heavy atom. The van der Waals surface area contributed by atoms with Gasteiger partial charge in [-0.2, -0.15) is 0 Å². The summed E-state index contributed by atoms with van der Waals surface area (Å²) >= 11 is 1.30. The Morgan fingerprint density at radius 2 is 1.89 bits per heavy atom. The molecule has 1 amide bonds. The summed E-state index contributed by atoms with van der Waals surface area (Å²) in [5, 5.41) is 0.234. The number of hydrogen-bond donors (Lipinski definition) is 0. The van der Waals surface area contributed by atoms with Crippen LogP contribution in [0.25, 0.3) is 0 Å². The highest BCUT2D eigenvalue weighted by molar-refractivity contribution is 8.14. The summed E-state index contributed by atoms with van der Waals surface area (Å²) in [6, 6.07) is 0. The van der Waals surface area contributed by atoms with E-state index in [1.807, 2.05) is 4.90 Å². The summed E-state index contributed by atoms with van der Waals surface area (Å²) in [5.74, 6) is 0.183. The highest BCUT2D eigenvalue weighted by Gasteiger charge is 2.41. The van der Waals surface area contributed by atoms with Gasteiger partial charge >= 0.3 is 0 Å². The van der Waals surface area contributed by atoms with Gasteiger partial charge in [0, 0.05) is 30.7 Å². The van der Waals surface area contributed by atoms with Crippen LogP contribution in [0.3, 0.4) is 0 Å². The van der Waals surface area contributed by atoms with Crippen LogP contribution in [-0.2, 0) is 9.59 Å². The Morgan fingerprint density at radius 3 is 2.33 bits per heavy atom. The Balaban J connectivity index is 2.72. The van der Waals surface area contributed by atoms with E-state index in [2.05, 4.69) is 34.6 Å². The topological polar surface area (TPSA) is 37.4 Å². The second-order valence-electron chi connectivity index (χ2n) is 6.99. The van der Waals surface area contributed by atoms with Crippen LogP contribution in [0.2, 0.25) is 0 Å². The predicted molar refractivity (Wildman–Crippen MR) is 76.5 cm³/mol. The second kappa shape index (κ2) is 5.24. The lowest BCUT2D eigenvalue weighted by Crippen LogP contribution is -2.47. The van der Waals surface area contributed by atoms with Crippen LogP contribution < -0.4 is 0 Å². The Hall–Kier alpha value is -0.510. The van der Waals surface area contributed by atoms with E-state index in [0.29, 0.717) is 13.0 Å². The van der Waals surface area contributed by atoms with Gasteiger partial charge < -0.3 is 4.90 Å². The van der Waals surface area contributed by atoms with Gasteiger partial charge in [-0.25, -0.2) is 0 Å². The molecule has 0 aromatic rings. The minimum atomic E-state index is -0.137. The quantitative estimate of drug-likeness (QED) is 0.791. The van der Waals surface area contributed by atoms with E-state index in [0.717, 1.165) is 6.42 Å². The molecule has 0 radical (unpaired) electrons. The molecule has 1 aliphatic rings. The lowest BCUT2D eigenvalue weighted by molar-refractivity contribution is -0.133. The van der Waals surface area contributed by atoms with Gasteiger partial charge in [0.05, 0.1) is 0 Å². The number of rotatable bonds is 3. The van der Waals surface area contributed by atoms with Crippen LogP contribution >= 0.6 is 11.8 Å². The average Bonchev–Trinajstić information content (AvgIpc) is 2.41. The summed E-state index contributed by atoms with van der Waals surface area (Å²) in [6.45, 7) is 13.1. The molecular weight excluding hydrogens is 246 g/mol. The van der Waals surface area contributed by atoms with Gasteiger partial charge in [-0.05, 0) is 25.7 Å². The molecule has 0 aromatic heterocycles. The van der Waals surface area contributed by atoms with E-state index >= 15 is 0 Å². The Bertz CT molecular complexity index is 344. The molecule has 0 bridgehead atoms. The fraction of sp³-hybridized carbons (Fsp3) is 0.857.